The highest BCUT2D eigenvalue weighted by atomic mass is 16.5. The predicted octanol–water partition coefficient (Wildman–Crippen LogP) is 2.34. The van der Waals surface area contributed by atoms with E-state index in [1.165, 1.54) is 0 Å². The van der Waals surface area contributed by atoms with Gasteiger partial charge in [0.1, 0.15) is 12.4 Å². The molecule has 0 atom stereocenters. The van der Waals surface area contributed by atoms with Gasteiger partial charge in [-0.05, 0) is 29.3 Å². The fourth-order valence-corrected chi connectivity index (χ4v) is 2.13. The lowest BCUT2D eigenvalue weighted by Crippen LogP contribution is -2.03. The number of nitrogens with one attached hydrogen (secondary N) is 1. The van der Waals surface area contributed by atoms with Crippen molar-refractivity contribution in [3.8, 4) is 5.75 Å². The van der Waals surface area contributed by atoms with Crippen LogP contribution in [-0.2, 0) is 17.8 Å². The van der Waals surface area contributed by atoms with E-state index in [0.717, 1.165) is 28.3 Å². The van der Waals surface area contributed by atoms with Crippen molar-refractivity contribution in [3.05, 3.63) is 53.6 Å². The molecule has 4 nitrogen and oxygen atoms in total. The lowest BCUT2D eigenvalue weighted by molar-refractivity contribution is -0.115. The summed E-state index contributed by atoms with van der Waals surface area (Å²) in [7, 11) is 0. The molecule has 0 bridgehead atoms. The van der Waals surface area contributed by atoms with Gasteiger partial charge in [0.2, 0.25) is 5.91 Å². The van der Waals surface area contributed by atoms with E-state index in [4.69, 9.17) is 10.5 Å². The van der Waals surface area contributed by atoms with Crippen LogP contribution in [0.25, 0.3) is 0 Å². The van der Waals surface area contributed by atoms with Crippen LogP contribution in [-0.4, -0.2) is 5.91 Å². The lowest BCUT2D eigenvalue weighted by atomic mass is 10.1. The summed E-state index contributed by atoms with van der Waals surface area (Å²) >= 11 is 0. The fraction of sp³-hybridized carbons (Fsp3) is 0.133. The van der Waals surface area contributed by atoms with Crippen LogP contribution in [0, 0.1) is 0 Å². The topological polar surface area (TPSA) is 64.3 Å². The summed E-state index contributed by atoms with van der Waals surface area (Å²) in [6.45, 7) is 0.456. The Bertz CT molecular complexity index is 638. The van der Waals surface area contributed by atoms with Crippen LogP contribution in [0.4, 0.5) is 11.4 Å². The summed E-state index contributed by atoms with van der Waals surface area (Å²) in [6.07, 6.45) is 0.449. The normalized spacial score (nSPS) is 12.9. The van der Waals surface area contributed by atoms with Crippen molar-refractivity contribution in [2.45, 2.75) is 13.0 Å². The highest BCUT2D eigenvalue weighted by molar-refractivity contribution is 5.99. The zero-order valence-electron chi connectivity index (χ0n) is 10.3. The minimum Gasteiger partial charge on any atom is -0.489 e. The monoisotopic (exact) mass is 254 g/mol. The maximum absolute atomic E-state index is 11.3. The number of carbonyl (C=O) groups is 1. The van der Waals surface area contributed by atoms with Gasteiger partial charge >= 0.3 is 0 Å². The molecule has 4 heteroatoms. The van der Waals surface area contributed by atoms with Crippen LogP contribution in [0.1, 0.15) is 11.1 Å². The maximum atomic E-state index is 11.3. The van der Waals surface area contributed by atoms with Crippen molar-refractivity contribution < 1.29 is 9.53 Å². The molecule has 1 aliphatic heterocycles. The van der Waals surface area contributed by atoms with Crippen molar-refractivity contribution in [2.75, 3.05) is 11.1 Å². The minimum atomic E-state index is 0.0305. The Labute approximate surface area is 111 Å². The molecule has 3 N–H and O–H groups in total. The molecule has 0 unspecified atom stereocenters. The Hall–Kier alpha value is -2.49. The quantitative estimate of drug-likeness (QED) is 0.826. The van der Waals surface area contributed by atoms with Crippen LogP contribution < -0.4 is 15.8 Å². The largest absolute Gasteiger partial charge is 0.489 e. The van der Waals surface area contributed by atoms with Crippen LogP contribution in [0.3, 0.4) is 0 Å². The molecular weight excluding hydrogens is 240 g/mol. The first-order valence-corrected chi connectivity index (χ1v) is 6.11. The highest BCUT2D eigenvalue weighted by Crippen LogP contribution is 2.27. The molecule has 1 amide bonds. The van der Waals surface area contributed by atoms with Gasteiger partial charge in [0.25, 0.3) is 0 Å². The molecule has 96 valence electrons. The minimum absolute atomic E-state index is 0.0305. The third-order valence-corrected chi connectivity index (χ3v) is 3.06. The zero-order chi connectivity index (χ0) is 13.2. The zero-order valence-corrected chi connectivity index (χ0v) is 10.3. The summed E-state index contributed by atoms with van der Waals surface area (Å²) in [6, 6.07) is 13.2. The predicted molar refractivity (Wildman–Crippen MR) is 74.0 cm³/mol. The molecule has 0 aliphatic carbocycles. The van der Waals surface area contributed by atoms with Crippen LogP contribution in [0.15, 0.2) is 42.5 Å². The highest BCUT2D eigenvalue weighted by Gasteiger charge is 2.17. The Morgan fingerprint density at radius 2 is 2.11 bits per heavy atom. The van der Waals surface area contributed by atoms with E-state index >= 15 is 0 Å². The van der Waals surface area contributed by atoms with Gasteiger partial charge in [-0.25, -0.2) is 0 Å². The molecule has 1 aliphatic rings. The van der Waals surface area contributed by atoms with Crippen molar-refractivity contribution in [1.82, 2.24) is 0 Å². The van der Waals surface area contributed by atoms with Crippen molar-refractivity contribution in [2.24, 2.45) is 0 Å². The smallest absolute Gasteiger partial charge is 0.228 e. The number of carbonyl (C=O) groups excluding carboxylic acids is 1. The van der Waals surface area contributed by atoms with Gasteiger partial charge in [0, 0.05) is 17.4 Å². The number of hydrogen-bond acceptors (Lipinski definition) is 3. The van der Waals surface area contributed by atoms with E-state index in [9.17, 15) is 4.79 Å². The molecule has 0 saturated carbocycles. The summed E-state index contributed by atoms with van der Waals surface area (Å²) in [5.74, 6) is 0.770. The molecule has 3 rings (SSSR count). The summed E-state index contributed by atoms with van der Waals surface area (Å²) in [5.41, 5.74) is 9.31. The standard InChI is InChI=1S/C15H14N2O2/c16-12-3-1-2-10(6-12)9-19-13-5-4-11-7-15(18)17-14(11)8-13/h1-6,8H,7,9,16H2,(H,17,18). The molecule has 0 aromatic heterocycles. The van der Waals surface area contributed by atoms with E-state index in [1.54, 1.807) is 0 Å². The van der Waals surface area contributed by atoms with Gasteiger partial charge in [0.05, 0.1) is 6.42 Å². The van der Waals surface area contributed by atoms with E-state index < -0.39 is 0 Å². The van der Waals surface area contributed by atoms with Gasteiger partial charge in [-0.15, -0.1) is 0 Å². The first-order chi connectivity index (χ1) is 9.20. The van der Waals surface area contributed by atoms with Crippen molar-refractivity contribution in [1.29, 1.82) is 0 Å². The SMILES string of the molecule is Nc1cccc(COc2ccc3c(c2)NC(=O)C3)c1. The number of anilines is 2. The first-order valence-electron chi connectivity index (χ1n) is 6.11. The Morgan fingerprint density at radius 3 is 2.95 bits per heavy atom. The van der Waals surface area contributed by atoms with Crippen LogP contribution >= 0.6 is 0 Å². The third kappa shape index (κ3) is 2.52. The number of fused-ring (bicyclic) bond motifs is 1. The van der Waals surface area contributed by atoms with Gasteiger partial charge in [-0.2, -0.15) is 0 Å². The Balaban J connectivity index is 1.71. The molecule has 2 aromatic rings. The first kappa shape index (κ1) is 11.6. The van der Waals surface area contributed by atoms with Crippen LogP contribution in [0.5, 0.6) is 5.75 Å². The summed E-state index contributed by atoms with van der Waals surface area (Å²) in [4.78, 5) is 11.3. The maximum Gasteiger partial charge on any atom is 0.228 e. The second-order valence-electron chi connectivity index (χ2n) is 4.58. The average Bonchev–Trinajstić information content (AvgIpc) is 2.75. The Morgan fingerprint density at radius 1 is 1.21 bits per heavy atom. The van der Waals surface area contributed by atoms with Crippen molar-refractivity contribution >= 4 is 17.3 Å². The number of ether oxygens (including phenoxy) is 1. The number of rotatable bonds is 3. The van der Waals surface area contributed by atoms with Gasteiger partial charge in [-0.1, -0.05) is 18.2 Å². The molecule has 0 fully saturated rings. The second kappa shape index (κ2) is 4.65. The van der Waals surface area contributed by atoms with E-state index in [0.29, 0.717) is 13.0 Å². The summed E-state index contributed by atoms with van der Waals surface area (Å²) < 4.78 is 5.70. The van der Waals surface area contributed by atoms with Gasteiger partial charge in [-0.3, -0.25) is 4.79 Å². The van der Waals surface area contributed by atoms with E-state index in [2.05, 4.69) is 5.32 Å². The number of amides is 1. The number of nitrogens with two attached hydrogens (primary N) is 1. The average molecular weight is 254 g/mol. The molecule has 19 heavy (non-hydrogen) atoms. The number of nitrogen functional groups attached to an aromatic ring is 1. The van der Waals surface area contributed by atoms with Gasteiger partial charge in [0.15, 0.2) is 0 Å². The number of benzene rings is 2. The van der Waals surface area contributed by atoms with Crippen molar-refractivity contribution in [3.63, 3.8) is 0 Å². The van der Waals surface area contributed by atoms with Crippen LogP contribution in [0.2, 0.25) is 0 Å². The molecule has 0 saturated heterocycles. The number of hydrogen-bond donors (Lipinski definition) is 2. The molecule has 0 spiro atoms. The lowest BCUT2D eigenvalue weighted by Gasteiger charge is -2.08. The molecular formula is C15H14N2O2. The van der Waals surface area contributed by atoms with E-state index in [1.807, 2.05) is 42.5 Å². The molecule has 1 heterocycles. The molecule has 2 aromatic carbocycles. The van der Waals surface area contributed by atoms with E-state index in [-0.39, 0.29) is 5.91 Å². The Kier molecular flexibility index (Phi) is 2.83. The van der Waals surface area contributed by atoms with Gasteiger partial charge < -0.3 is 15.8 Å². The fourth-order valence-electron chi connectivity index (χ4n) is 2.13. The summed E-state index contributed by atoms with van der Waals surface area (Å²) in [5, 5.41) is 2.81. The second-order valence-corrected chi connectivity index (χ2v) is 4.58. The third-order valence-electron chi connectivity index (χ3n) is 3.06. The molecule has 0 radical (unpaired) electrons.